The zero-order valence-corrected chi connectivity index (χ0v) is 14.5. The predicted octanol–water partition coefficient (Wildman–Crippen LogP) is 5.29. The Morgan fingerprint density at radius 2 is 1.65 bits per heavy atom. The smallest absolute Gasteiger partial charge is 0.197 e. The van der Waals surface area contributed by atoms with Gasteiger partial charge in [-0.25, -0.2) is 4.98 Å². The summed E-state index contributed by atoms with van der Waals surface area (Å²) in [6, 6.07) is 20.7. The molecule has 3 aromatic rings. The number of rotatable bonds is 1. The Bertz CT molecular complexity index is 1310. The summed E-state index contributed by atoms with van der Waals surface area (Å²) in [6.45, 7) is 0. The van der Waals surface area contributed by atoms with Gasteiger partial charge in [-0.05, 0) is 35.4 Å². The van der Waals surface area contributed by atoms with Crippen LogP contribution in [0.15, 0.2) is 76.9 Å². The third kappa shape index (κ3) is 2.20. The van der Waals surface area contributed by atoms with E-state index in [1.807, 2.05) is 60.0 Å². The molecule has 1 N–H and O–H groups in total. The number of hydrogen-bond donors (Lipinski definition) is 1. The highest BCUT2D eigenvalue weighted by molar-refractivity contribution is 7.16. The topological polar surface area (TPSA) is 50.2 Å². The van der Waals surface area contributed by atoms with Gasteiger partial charge in [-0.2, -0.15) is 0 Å². The molecule has 0 atom stereocenters. The van der Waals surface area contributed by atoms with Crippen LogP contribution in [-0.2, 0) is 0 Å². The summed E-state index contributed by atoms with van der Waals surface area (Å²) in [5, 5.41) is 13.0. The van der Waals surface area contributed by atoms with Crippen LogP contribution in [0.5, 0.6) is 5.75 Å². The first-order valence-corrected chi connectivity index (χ1v) is 9.13. The summed E-state index contributed by atoms with van der Waals surface area (Å²) in [7, 11) is 0. The van der Waals surface area contributed by atoms with Gasteiger partial charge in [0.15, 0.2) is 5.43 Å². The zero-order chi connectivity index (χ0) is 17.7. The first kappa shape index (κ1) is 15.0. The Morgan fingerprint density at radius 1 is 0.846 bits per heavy atom. The molecule has 124 valence electrons. The number of hydrogen-bond acceptors (Lipinski definition) is 4. The lowest BCUT2D eigenvalue weighted by atomic mass is 10.0. The Labute approximate surface area is 153 Å². The molecule has 0 bridgehead atoms. The highest BCUT2D eigenvalue weighted by atomic mass is 32.1. The van der Waals surface area contributed by atoms with E-state index in [4.69, 9.17) is 4.98 Å². The van der Waals surface area contributed by atoms with E-state index in [0.29, 0.717) is 10.9 Å². The van der Waals surface area contributed by atoms with Crippen molar-refractivity contribution >= 4 is 32.3 Å². The lowest BCUT2D eigenvalue weighted by Crippen LogP contribution is -1.97. The lowest BCUT2D eigenvalue weighted by Gasteiger charge is -2.03. The molecule has 26 heavy (non-hydrogen) atoms. The molecule has 5 rings (SSSR count). The number of benzene rings is 3. The third-order valence-electron chi connectivity index (χ3n) is 4.63. The Morgan fingerprint density at radius 3 is 2.50 bits per heavy atom. The summed E-state index contributed by atoms with van der Waals surface area (Å²) in [5.41, 5.74) is 4.04. The van der Waals surface area contributed by atoms with Crippen molar-refractivity contribution in [2.75, 3.05) is 0 Å². The minimum absolute atomic E-state index is 0.00253. The summed E-state index contributed by atoms with van der Waals surface area (Å²) in [6.07, 6.45) is 0. The molecular formula is C22H13NO2S. The van der Waals surface area contributed by atoms with Crippen molar-refractivity contribution in [2.45, 2.75) is 0 Å². The summed E-state index contributed by atoms with van der Waals surface area (Å²) < 4.78 is 1.05. The van der Waals surface area contributed by atoms with Gasteiger partial charge >= 0.3 is 0 Å². The second-order valence-electron chi connectivity index (χ2n) is 6.18. The van der Waals surface area contributed by atoms with Crippen LogP contribution in [0.25, 0.3) is 43.4 Å². The minimum atomic E-state index is 0.00253. The first-order valence-electron chi connectivity index (χ1n) is 8.25. The van der Waals surface area contributed by atoms with Gasteiger partial charge in [0.05, 0.1) is 21.5 Å². The van der Waals surface area contributed by atoms with E-state index in [-0.39, 0.29) is 11.2 Å². The number of aromatic hydroxyl groups is 1. The van der Waals surface area contributed by atoms with E-state index in [1.54, 1.807) is 12.1 Å². The maximum absolute atomic E-state index is 13.2. The molecule has 4 heteroatoms. The summed E-state index contributed by atoms with van der Waals surface area (Å²) in [5.74, 6) is 0.206. The van der Waals surface area contributed by atoms with Crippen LogP contribution in [0, 0.1) is 0 Å². The molecule has 1 aliphatic heterocycles. The number of aromatic nitrogens is 1. The van der Waals surface area contributed by atoms with Crippen LogP contribution < -0.4 is 5.43 Å². The van der Waals surface area contributed by atoms with E-state index in [9.17, 15) is 9.90 Å². The fourth-order valence-electron chi connectivity index (χ4n) is 3.38. The van der Waals surface area contributed by atoms with E-state index >= 15 is 0 Å². The largest absolute Gasteiger partial charge is 0.508 e. The Kier molecular flexibility index (Phi) is 3.27. The molecule has 0 aromatic heterocycles. The van der Waals surface area contributed by atoms with Crippen LogP contribution in [-0.4, -0.2) is 10.1 Å². The third-order valence-corrected chi connectivity index (χ3v) is 5.58. The number of fused-ring (bicyclic) bond motifs is 4. The number of para-hydroxylation sites is 1. The minimum Gasteiger partial charge on any atom is -0.508 e. The normalized spacial score (nSPS) is 11.4. The van der Waals surface area contributed by atoms with Crippen molar-refractivity contribution < 1.29 is 5.11 Å². The van der Waals surface area contributed by atoms with E-state index in [0.717, 1.165) is 32.4 Å². The van der Waals surface area contributed by atoms with Gasteiger partial charge in [0.1, 0.15) is 5.75 Å². The standard InChI is InChI=1S/C22H13NO2S/c24-14-10-8-13(9-11-14)15-4-3-5-16-20(15)22(25)17-12-26-19-7-2-1-6-18(19)23-21(16)17/h1-12,24H. The molecule has 0 amide bonds. The fraction of sp³-hybridized carbons (Fsp3) is 0. The van der Waals surface area contributed by atoms with Gasteiger partial charge in [-0.1, -0.05) is 42.5 Å². The van der Waals surface area contributed by atoms with Gasteiger partial charge in [0.2, 0.25) is 0 Å². The van der Waals surface area contributed by atoms with Crippen LogP contribution in [0.2, 0.25) is 0 Å². The molecule has 0 fully saturated rings. The van der Waals surface area contributed by atoms with Gasteiger partial charge < -0.3 is 5.11 Å². The molecule has 0 saturated heterocycles. The molecule has 3 aromatic carbocycles. The van der Waals surface area contributed by atoms with E-state index in [2.05, 4.69) is 0 Å². The average molecular weight is 355 g/mol. The van der Waals surface area contributed by atoms with E-state index in [1.165, 1.54) is 11.3 Å². The number of phenolic OH excluding ortho intramolecular Hbond substituents is 1. The molecule has 0 radical (unpaired) electrons. The fourth-order valence-corrected chi connectivity index (χ4v) is 4.24. The monoisotopic (exact) mass is 355 g/mol. The summed E-state index contributed by atoms with van der Waals surface area (Å²) >= 11 is 1.53. The first-order chi connectivity index (χ1) is 12.7. The average Bonchev–Trinajstić information content (AvgIpc) is 2.82. The van der Waals surface area contributed by atoms with Gasteiger partial charge in [-0.15, -0.1) is 11.3 Å². The predicted molar refractivity (Wildman–Crippen MR) is 107 cm³/mol. The molecule has 1 aliphatic carbocycles. The number of nitrogens with zero attached hydrogens (tertiary/aromatic N) is 1. The highest BCUT2D eigenvalue weighted by Gasteiger charge is 2.20. The lowest BCUT2D eigenvalue weighted by molar-refractivity contribution is 0.475. The zero-order valence-electron chi connectivity index (χ0n) is 13.6. The van der Waals surface area contributed by atoms with Crippen LogP contribution in [0.3, 0.4) is 0 Å². The molecule has 2 aliphatic rings. The second-order valence-corrected chi connectivity index (χ2v) is 7.09. The Hall–Kier alpha value is -3.24. The molecule has 0 unspecified atom stereocenters. The van der Waals surface area contributed by atoms with Crippen LogP contribution >= 0.6 is 11.3 Å². The molecule has 0 spiro atoms. The number of phenols is 1. The van der Waals surface area contributed by atoms with Crippen molar-refractivity contribution in [1.29, 1.82) is 0 Å². The molecular weight excluding hydrogens is 342 g/mol. The van der Waals surface area contributed by atoms with Gasteiger partial charge in [0.25, 0.3) is 0 Å². The quantitative estimate of drug-likeness (QED) is 0.445. The maximum atomic E-state index is 13.2. The van der Waals surface area contributed by atoms with Crippen molar-refractivity contribution in [1.82, 2.24) is 4.98 Å². The van der Waals surface area contributed by atoms with Crippen molar-refractivity contribution in [3.8, 4) is 28.1 Å². The Balaban J connectivity index is 1.92. The SMILES string of the molecule is O=c1c2csc3ccccc3nc-2c2cccc(-c3ccc(O)cc3)c12. The molecule has 3 nitrogen and oxygen atoms in total. The molecule has 1 heterocycles. The van der Waals surface area contributed by atoms with Gasteiger partial charge in [-0.3, -0.25) is 4.79 Å². The van der Waals surface area contributed by atoms with Crippen molar-refractivity contribution in [3.05, 3.63) is 82.3 Å². The second kappa shape index (κ2) is 5.64. The van der Waals surface area contributed by atoms with Crippen molar-refractivity contribution in [2.24, 2.45) is 0 Å². The maximum Gasteiger partial charge on any atom is 0.197 e. The summed E-state index contributed by atoms with van der Waals surface area (Å²) in [4.78, 5) is 18.0. The van der Waals surface area contributed by atoms with Crippen LogP contribution in [0.1, 0.15) is 0 Å². The van der Waals surface area contributed by atoms with Gasteiger partial charge in [0, 0.05) is 16.2 Å². The van der Waals surface area contributed by atoms with E-state index < -0.39 is 0 Å². The van der Waals surface area contributed by atoms with Crippen LogP contribution in [0.4, 0.5) is 0 Å². The highest BCUT2D eigenvalue weighted by Crippen LogP contribution is 2.35. The molecule has 0 saturated carbocycles. The van der Waals surface area contributed by atoms with Crippen molar-refractivity contribution in [3.63, 3.8) is 0 Å².